The Labute approximate surface area is 204 Å². The van der Waals surface area contributed by atoms with Crippen LogP contribution in [0.25, 0.3) is 0 Å². The highest BCUT2D eigenvalue weighted by Crippen LogP contribution is 2.36. The van der Waals surface area contributed by atoms with Crippen molar-refractivity contribution in [1.29, 1.82) is 0 Å². The van der Waals surface area contributed by atoms with Crippen molar-refractivity contribution < 1.29 is 27.4 Å². The molecule has 0 bridgehead atoms. The van der Waals surface area contributed by atoms with Crippen LogP contribution in [0.2, 0.25) is 5.02 Å². The van der Waals surface area contributed by atoms with Gasteiger partial charge in [-0.1, -0.05) is 11.6 Å². The van der Waals surface area contributed by atoms with E-state index in [1.807, 2.05) is 0 Å². The molecule has 0 heterocycles. The minimum Gasteiger partial charge on any atom is -0.495 e. The normalized spacial score (nSPS) is 10.4. The van der Waals surface area contributed by atoms with Gasteiger partial charge >= 0.3 is 0 Å². The quantitative estimate of drug-likeness (QED) is 0.274. The monoisotopic (exact) mass is 509 g/mol. The van der Waals surface area contributed by atoms with E-state index in [2.05, 4.69) is 16.0 Å². The zero-order valence-corrected chi connectivity index (χ0v) is 19.8. The number of rotatable bonds is 6. The summed E-state index contributed by atoms with van der Waals surface area (Å²) < 4.78 is 51.1. The van der Waals surface area contributed by atoms with Gasteiger partial charge in [-0.2, -0.15) is 0 Å². The molecule has 6 nitrogen and oxygen atoms in total. The van der Waals surface area contributed by atoms with E-state index in [1.54, 1.807) is 36.4 Å². The molecule has 0 aliphatic rings. The molecule has 3 aromatic rings. The van der Waals surface area contributed by atoms with E-state index in [0.29, 0.717) is 39.7 Å². The van der Waals surface area contributed by atoms with Gasteiger partial charge in [0.25, 0.3) is 5.91 Å². The third-order valence-electron chi connectivity index (χ3n) is 4.77. The Kier molecular flexibility index (Phi) is 7.85. The predicted octanol–water partition coefficient (Wildman–Crippen LogP) is 6.14. The average molecular weight is 510 g/mol. The van der Waals surface area contributed by atoms with Crippen molar-refractivity contribution >= 4 is 51.9 Å². The van der Waals surface area contributed by atoms with Crippen molar-refractivity contribution in [3.05, 3.63) is 76.1 Å². The van der Waals surface area contributed by atoms with E-state index in [-0.39, 0.29) is 16.2 Å². The van der Waals surface area contributed by atoms with Gasteiger partial charge in [0.1, 0.15) is 11.5 Å². The number of halogens is 4. The number of methoxy groups -OCH3 is 2. The minimum atomic E-state index is -1.62. The van der Waals surface area contributed by atoms with Crippen LogP contribution in [0.15, 0.2) is 42.5 Å². The Morgan fingerprint density at radius 2 is 1.47 bits per heavy atom. The largest absolute Gasteiger partial charge is 0.495 e. The van der Waals surface area contributed by atoms with Gasteiger partial charge in [-0.05, 0) is 55.5 Å². The molecule has 0 aromatic heterocycles. The highest BCUT2D eigenvalue weighted by molar-refractivity contribution is 7.80. The van der Waals surface area contributed by atoms with E-state index in [9.17, 15) is 18.0 Å². The van der Waals surface area contributed by atoms with E-state index < -0.39 is 23.4 Å². The maximum absolute atomic E-state index is 13.7. The van der Waals surface area contributed by atoms with Crippen LogP contribution < -0.4 is 25.4 Å². The number of thiocarbonyl (C=S) groups is 1. The second kappa shape index (κ2) is 10.6. The molecule has 34 heavy (non-hydrogen) atoms. The number of amides is 1. The van der Waals surface area contributed by atoms with Gasteiger partial charge in [0.15, 0.2) is 22.6 Å². The lowest BCUT2D eigenvalue weighted by Gasteiger charge is -2.15. The molecule has 0 spiro atoms. The van der Waals surface area contributed by atoms with Crippen LogP contribution >= 0.6 is 23.8 Å². The predicted molar refractivity (Wildman–Crippen MR) is 130 cm³/mol. The Morgan fingerprint density at radius 3 is 2.06 bits per heavy atom. The first-order valence-corrected chi connectivity index (χ1v) is 10.5. The second-order valence-electron chi connectivity index (χ2n) is 6.96. The molecule has 178 valence electrons. The van der Waals surface area contributed by atoms with Crippen LogP contribution in [0.1, 0.15) is 15.9 Å². The van der Waals surface area contributed by atoms with Gasteiger partial charge in [0, 0.05) is 28.6 Å². The van der Waals surface area contributed by atoms with Crippen molar-refractivity contribution in [3.8, 4) is 11.5 Å². The molecular weight excluding hydrogens is 491 g/mol. The summed E-state index contributed by atoms with van der Waals surface area (Å²) in [7, 11) is 2.98. The maximum atomic E-state index is 13.7. The molecule has 0 aliphatic carbocycles. The highest BCUT2D eigenvalue weighted by atomic mass is 35.5. The molecule has 0 saturated carbocycles. The fraction of sp³-hybridized carbons (Fsp3) is 0.130. The number of nitrogens with one attached hydrogen (secondary N) is 3. The Morgan fingerprint density at radius 1 is 0.882 bits per heavy atom. The summed E-state index contributed by atoms with van der Waals surface area (Å²) in [5, 5.41) is 9.06. The fourth-order valence-corrected chi connectivity index (χ4v) is 3.47. The first-order valence-electron chi connectivity index (χ1n) is 9.69. The molecule has 3 rings (SSSR count). The molecule has 3 N–H and O–H groups in total. The van der Waals surface area contributed by atoms with Crippen LogP contribution in [0.4, 0.5) is 30.2 Å². The standard InChI is InChI=1S/C23H19ClF3N3O3S/c1-11-14(8-16(25)21(27)20(11)26)22(31)28-12-4-6-13(7-5-12)29-23(34)30-17-9-15(24)18(32-2)10-19(17)33-3/h4-10H,1-3H3,(H,28,31)(H2,29,30,34). The molecule has 0 aliphatic heterocycles. The van der Waals surface area contributed by atoms with Crippen LogP contribution in [-0.2, 0) is 0 Å². The number of hydrogen-bond donors (Lipinski definition) is 3. The van der Waals surface area contributed by atoms with Gasteiger partial charge in [-0.25, -0.2) is 13.2 Å². The zero-order chi connectivity index (χ0) is 25.0. The highest BCUT2D eigenvalue weighted by Gasteiger charge is 2.20. The van der Waals surface area contributed by atoms with Crippen LogP contribution in [0.5, 0.6) is 11.5 Å². The zero-order valence-electron chi connectivity index (χ0n) is 18.2. The Balaban J connectivity index is 1.67. The molecule has 0 saturated heterocycles. The van der Waals surface area contributed by atoms with E-state index in [4.69, 9.17) is 33.3 Å². The van der Waals surface area contributed by atoms with E-state index in [0.717, 1.165) is 0 Å². The fourth-order valence-electron chi connectivity index (χ4n) is 3.00. The summed E-state index contributed by atoms with van der Waals surface area (Å²) in [6.45, 7) is 1.19. The van der Waals surface area contributed by atoms with Crippen molar-refractivity contribution in [2.75, 3.05) is 30.2 Å². The van der Waals surface area contributed by atoms with Crippen LogP contribution in [0, 0.1) is 24.4 Å². The van der Waals surface area contributed by atoms with Gasteiger partial charge in [-0.3, -0.25) is 4.79 Å². The number of benzene rings is 3. The van der Waals surface area contributed by atoms with Gasteiger partial charge < -0.3 is 25.4 Å². The topological polar surface area (TPSA) is 71.6 Å². The summed E-state index contributed by atoms with van der Waals surface area (Å²) in [4.78, 5) is 12.4. The molecular formula is C23H19ClF3N3O3S. The van der Waals surface area contributed by atoms with Crippen LogP contribution in [0.3, 0.4) is 0 Å². The lowest BCUT2D eigenvalue weighted by Crippen LogP contribution is -2.19. The Bertz CT molecular complexity index is 1260. The first kappa shape index (κ1) is 25.1. The number of carbonyl (C=O) groups is 1. The van der Waals surface area contributed by atoms with Crippen molar-refractivity contribution in [2.45, 2.75) is 6.92 Å². The van der Waals surface area contributed by atoms with Gasteiger partial charge in [0.05, 0.1) is 24.9 Å². The van der Waals surface area contributed by atoms with Crippen molar-refractivity contribution in [3.63, 3.8) is 0 Å². The third-order valence-corrected chi connectivity index (χ3v) is 5.27. The lowest BCUT2D eigenvalue weighted by molar-refractivity contribution is 0.102. The molecule has 0 fully saturated rings. The summed E-state index contributed by atoms with van der Waals surface area (Å²) >= 11 is 11.5. The summed E-state index contributed by atoms with van der Waals surface area (Å²) in [6.07, 6.45) is 0. The molecule has 1 amide bonds. The maximum Gasteiger partial charge on any atom is 0.256 e. The smallest absolute Gasteiger partial charge is 0.256 e. The van der Waals surface area contributed by atoms with Gasteiger partial charge in [-0.15, -0.1) is 0 Å². The third kappa shape index (κ3) is 5.52. The number of hydrogen-bond acceptors (Lipinski definition) is 4. The van der Waals surface area contributed by atoms with E-state index >= 15 is 0 Å². The minimum absolute atomic E-state index is 0.240. The molecule has 0 atom stereocenters. The average Bonchev–Trinajstić information content (AvgIpc) is 2.81. The number of anilines is 3. The summed E-state index contributed by atoms with van der Waals surface area (Å²) in [6, 6.07) is 10.2. The first-order chi connectivity index (χ1) is 16.1. The van der Waals surface area contributed by atoms with Crippen molar-refractivity contribution in [2.24, 2.45) is 0 Å². The molecule has 3 aromatic carbocycles. The molecule has 0 unspecified atom stereocenters. The van der Waals surface area contributed by atoms with Crippen molar-refractivity contribution in [1.82, 2.24) is 0 Å². The molecule has 11 heteroatoms. The van der Waals surface area contributed by atoms with Gasteiger partial charge in [0.2, 0.25) is 0 Å². The summed E-state index contributed by atoms with van der Waals surface area (Å²) in [5.74, 6) is -4.33. The Hall–Kier alpha value is -3.50. The van der Waals surface area contributed by atoms with Crippen LogP contribution in [-0.4, -0.2) is 25.2 Å². The lowest BCUT2D eigenvalue weighted by atomic mass is 10.1. The second-order valence-corrected chi connectivity index (χ2v) is 7.77. The van der Waals surface area contributed by atoms with E-state index in [1.165, 1.54) is 21.1 Å². The number of carbonyl (C=O) groups excluding carboxylic acids is 1. The number of ether oxygens (including phenoxy) is 2. The SMILES string of the molecule is COc1cc(OC)c(NC(=S)Nc2ccc(NC(=O)c3cc(F)c(F)c(F)c3C)cc2)cc1Cl. The molecule has 0 radical (unpaired) electrons. The summed E-state index contributed by atoms with van der Waals surface area (Å²) in [5.41, 5.74) is 0.853.